The van der Waals surface area contributed by atoms with E-state index in [-0.39, 0.29) is 35.5 Å². The van der Waals surface area contributed by atoms with Gasteiger partial charge in [-0.15, -0.1) is 0 Å². The number of rotatable bonds is 9. The van der Waals surface area contributed by atoms with Crippen LogP contribution in [0.25, 0.3) is 0 Å². The maximum atomic E-state index is 14.6. The highest BCUT2D eigenvalue weighted by Gasteiger charge is 2.27. The molecule has 3 rings (SSSR count). The Morgan fingerprint density at radius 3 is 2.13 bits per heavy atom. The largest absolute Gasteiger partial charge is 0.490 e. The Bertz CT molecular complexity index is 876. The van der Waals surface area contributed by atoms with Crippen molar-refractivity contribution in [2.45, 2.75) is 64.7 Å². The maximum Gasteiger partial charge on any atom is 0.200 e. The second-order valence-electron chi connectivity index (χ2n) is 8.37. The van der Waals surface area contributed by atoms with Crippen LogP contribution in [0.4, 0.5) is 17.6 Å². The van der Waals surface area contributed by atoms with Gasteiger partial charge in [-0.25, -0.2) is 8.78 Å². The van der Waals surface area contributed by atoms with Gasteiger partial charge in [-0.1, -0.05) is 31.9 Å². The lowest BCUT2D eigenvalue weighted by molar-refractivity contribution is 0.191. The van der Waals surface area contributed by atoms with Gasteiger partial charge in [-0.3, -0.25) is 0 Å². The van der Waals surface area contributed by atoms with Gasteiger partial charge in [0, 0.05) is 0 Å². The first kappa shape index (κ1) is 23.4. The number of benzene rings is 2. The molecule has 1 fully saturated rings. The SMILES string of the molecule is CCCCCOc1ccc(C2CCC(COc3ccc(C)c(F)c3F)CC2)c(F)c1F. The first-order valence-electron chi connectivity index (χ1n) is 11.1. The van der Waals surface area contributed by atoms with E-state index in [1.807, 2.05) is 0 Å². The number of ether oxygens (including phenoxy) is 2. The molecule has 31 heavy (non-hydrogen) atoms. The van der Waals surface area contributed by atoms with E-state index in [1.165, 1.54) is 25.1 Å². The molecule has 1 saturated carbocycles. The summed E-state index contributed by atoms with van der Waals surface area (Å²) in [5.41, 5.74) is 0.612. The van der Waals surface area contributed by atoms with Crippen molar-refractivity contribution in [3.63, 3.8) is 0 Å². The molecule has 0 bridgehead atoms. The van der Waals surface area contributed by atoms with Gasteiger partial charge in [-0.05, 0) is 74.1 Å². The van der Waals surface area contributed by atoms with Crippen LogP contribution in [-0.2, 0) is 0 Å². The molecule has 1 aliphatic rings. The lowest BCUT2D eigenvalue weighted by Gasteiger charge is -2.29. The molecule has 6 heteroatoms. The number of aryl methyl sites for hydroxylation is 1. The predicted octanol–water partition coefficient (Wildman–Crippen LogP) is 7.47. The highest BCUT2D eigenvalue weighted by molar-refractivity contribution is 5.33. The van der Waals surface area contributed by atoms with Crippen LogP contribution in [0.15, 0.2) is 24.3 Å². The number of hydrogen-bond acceptors (Lipinski definition) is 2. The van der Waals surface area contributed by atoms with Crippen LogP contribution in [0.1, 0.15) is 68.9 Å². The van der Waals surface area contributed by atoms with Crippen LogP contribution in [0.3, 0.4) is 0 Å². The summed E-state index contributed by atoms with van der Waals surface area (Å²) in [5.74, 6) is -3.65. The summed E-state index contributed by atoms with van der Waals surface area (Å²) in [7, 11) is 0. The van der Waals surface area contributed by atoms with Gasteiger partial charge in [0.25, 0.3) is 0 Å². The molecule has 1 aliphatic carbocycles. The highest BCUT2D eigenvalue weighted by atomic mass is 19.2. The van der Waals surface area contributed by atoms with Gasteiger partial charge in [-0.2, -0.15) is 8.78 Å². The molecule has 2 nitrogen and oxygen atoms in total. The van der Waals surface area contributed by atoms with Crippen molar-refractivity contribution in [3.05, 3.63) is 58.7 Å². The van der Waals surface area contributed by atoms with Crippen molar-refractivity contribution in [1.82, 2.24) is 0 Å². The Hall–Kier alpha value is -2.24. The fraction of sp³-hybridized carbons (Fsp3) is 0.520. The molecule has 0 N–H and O–H groups in total. The highest BCUT2D eigenvalue weighted by Crippen LogP contribution is 2.39. The summed E-state index contributed by atoms with van der Waals surface area (Å²) >= 11 is 0. The van der Waals surface area contributed by atoms with Crippen molar-refractivity contribution >= 4 is 0 Å². The lowest BCUT2D eigenvalue weighted by Crippen LogP contribution is -2.20. The summed E-state index contributed by atoms with van der Waals surface area (Å²) in [5, 5.41) is 0. The maximum absolute atomic E-state index is 14.6. The standard InChI is InChI=1S/C25H30F4O2/c1-3-4-5-14-30-20-13-11-19(23(27)25(20)29)18-9-7-17(8-10-18)15-31-21-12-6-16(2)22(26)24(21)28/h6,11-13,17-18H,3-5,7-10,14-15H2,1-2H3. The molecule has 0 atom stereocenters. The fourth-order valence-electron chi connectivity index (χ4n) is 4.10. The molecule has 0 aromatic heterocycles. The summed E-state index contributed by atoms with van der Waals surface area (Å²) < 4.78 is 67.6. The van der Waals surface area contributed by atoms with Crippen LogP contribution < -0.4 is 9.47 Å². The molecule has 2 aromatic rings. The quantitative estimate of drug-likeness (QED) is 0.299. The van der Waals surface area contributed by atoms with E-state index in [9.17, 15) is 17.6 Å². The average Bonchev–Trinajstić information content (AvgIpc) is 2.78. The van der Waals surface area contributed by atoms with E-state index < -0.39 is 23.3 Å². The normalized spacial score (nSPS) is 18.8. The monoisotopic (exact) mass is 438 g/mol. The third-order valence-corrected chi connectivity index (χ3v) is 6.08. The minimum absolute atomic E-state index is 0.0354. The Morgan fingerprint density at radius 2 is 1.42 bits per heavy atom. The molecule has 0 spiro atoms. The van der Waals surface area contributed by atoms with Crippen LogP contribution >= 0.6 is 0 Å². The third kappa shape index (κ3) is 5.72. The van der Waals surface area contributed by atoms with E-state index in [1.54, 1.807) is 6.07 Å². The number of unbranched alkanes of at least 4 members (excludes halogenated alkanes) is 2. The molecule has 2 aromatic carbocycles. The van der Waals surface area contributed by atoms with Gasteiger partial charge in [0.2, 0.25) is 11.6 Å². The lowest BCUT2D eigenvalue weighted by atomic mass is 9.79. The van der Waals surface area contributed by atoms with Gasteiger partial charge >= 0.3 is 0 Å². The smallest absolute Gasteiger partial charge is 0.200 e. The second-order valence-corrected chi connectivity index (χ2v) is 8.37. The van der Waals surface area contributed by atoms with E-state index in [4.69, 9.17) is 9.47 Å². The molecule has 0 radical (unpaired) electrons. The average molecular weight is 439 g/mol. The zero-order valence-electron chi connectivity index (χ0n) is 18.2. The van der Waals surface area contributed by atoms with Crippen molar-refractivity contribution in [2.75, 3.05) is 13.2 Å². The Morgan fingerprint density at radius 1 is 0.774 bits per heavy atom. The van der Waals surface area contributed by atoms with E-state index in [0.717, 1.165) is 32.1 Å². The minimum atomic E-state index is -0.969. The van der Waals surface area contributed by atoms with Crippen LogP contribution in [0.5, 0.6) is 11.5 Å². The third-order valence-electron chi connectivity index (χ3n) is 6.08. The molecule has 170 valence electrons. The summed E-state index contributed by atoms with van der Waals surface area (Å²) in [4.78, 5) is 0. The molecule has 0 aliphatic heterocycles. The summed E-state index contributed by atoms with van der Waals surface area (Å²) in [6, 6.07) is 6.06. The van der Waals surface area contributed by atoms with Crippen molar-refractivity contribution in [1.29, 1.82) is 0 Å². The number of hydrogen-bond donors (Lipinski definition) is 0. The zero-order chi connectivity index (χ0) is 22.4. The zero-order valence-corrected chi connectivity index (χ0v) is 18.2. The first-order valence-corrected chi connectivity index (χ1v) is 11.1. The summed E-state index contributed by atoms with van der Waals surface area (Å²) in [6.07, 6.45) is 5.69. The van der Waals surface area contributed by atoms with Gasteiger partial charge < -0.3 is 9.47 Å². The van der Waals surface area contributed by atoms with Crippen molar-refractivity contribution in [2.24, 2.45) is 5.92 Å². The molecular weight excluding hydrogens is 408 g/mol. The topological polar surface area (TPSA) is 18.5 Å². The Kier molecular flexibility index (Phi) is 8.22. The van der Waals surface area contributed by atoms with Crippen molar-refractivity contribution in [3.8, 4) is 11.5 Å². The molecule has 0 amide bonds. The van der Waals surface area contributed by atoms with Crippen LogP contribution in [0, 0.1) is 36.1 Å². The van der Waals surface area contributed by atoms with Crippen LogP contribution in [-0.4, -0.2) is 13.2 Å². The van der Waals surface area contributed by atoms with E-state index in [2.05, 4.69) is 6.92 Å². The van der Waals surface area contributed by atoms with Gasteiger partial charge in [0.05, 0.1) is 13.2 Å². The summed E-state index contributed by atoms with van der Waals surface area (Å²) in [6.45, 7) is 4.21. The van der Waals surface area contributed by atoms with E-state index in [0.29, 0.717) is 25.0 Å². The molecule has 0 unspecified atom stereocenters. The van der Waals surface area contributed by atoms with Crippen LogP contribution in [0.2, 0.25) is 0 Å². The second kappa shape index (κ2) is 10.9. The minimum Gasteiger partial charge on any atom is -0.490 e. The molecular formula is C25H30F4O2. The first-order chi connectivity index (χ1) is 14.9. The van der Waals surface area contributed by atoms with Gasteiger partial charge in [0.15, 0.2) is 23.1 Å². The van der Waals surface area contributed by atoms with Gasteiger partial charge in [0.1, 0.15) is 0 Å². The van der Waals surface area contributed by atoms with Crippen molar-refractivity contribution < 1.29 is 27.0 Å². The Labute approximate surface area is 181 Å². The molecule has 0 saturated heterocycles. The Balaban J connectivity index is 1.53. The van der Waals surface area contributed by atoms with E-state index >= 15 is 0 Å². The number of halogens is 4. The predicted molar refractivity (Wildman–Crippen MR) is 113 cm³/mol. The fourth-order valence-corrected chi connectivity index (χ4v) is 4.10. The molecule has 0 heterocycles.